The van der Waals surface area contributed by atoms with E-state index in [-0.39, 0.29) is 0 Å². The second-order valence-electron chi connectivity index (χ2n) is 4.90. The van der Waals surface area contributed by atoms with Gasteiger partial charge in [-0.25, -0.2) is 0 Å². The summed E-state index contributed by atoms with van der Waals surface area (Å²) in [6.45, 7) is 5.86. The Morgan fingerprint density at radius 1 is 1.33 bits per heavy atom. The van der Waals surface area contributed by atoms with E-state index in [0.29, 0.717) is 12.8 Å². The number of hydrogen-bond donors (Lipinski definition) is 1. The fourth-order valence-electron chi connectivity index (χ4n) is 2.59. The third-order valence-corrected chi connectivity index (χ3v) is 3.69. The summed E-state index contributed by atoms with van der Waals surface area (Å²) in [6, 6.07) is 6.82. The third-order valence-electron chi connectivity index (χ3n) is 3.69. The molecule has 1 aromatic carbocycles. The van der Waals surface area contributed by atoms with Crippen LogP contribution in [0.15, 0.2) is 18.2 Å². The van der Waals surface area contributed by atoms with E-state index in [2.05, 4.69) is 29.3 Å². The molecule has 0 aliphatic carbocycles. The molecule has 1 aromatic rings. The average Bonchev–Trinajstić information content (AvgIpc) is 2.74. The lowest BCUT2D eigenvalue weighted by Crippen LogP contribution is -2.37. The summed E-state index contributed by atoms with van der Waals surface area (Å²) in [6.07, 6.45) is 2.35. The van der Waals surface area contributed by atoms with E-state index >= 15 is 0 Å². The van der Waals surface area contributed by atoms with E-state index in [1.807, 2.05) is 6.07 Å². The molecule has 0 saturated carbocycles. The van der Waals surface area contributed by atoms with Gasteiger partial charge in [0, 0.05) is 30.9 Å². The van der Waals surface area contributed by atoms with Crippen LogP contribution in [-0.4, -0.2) is 32.5 Å². The zero-order valence-electron chi connectivity index (χ0n) is 10.8. The van der Waals surface area contributed by atoms with Gasteiger partial charge in [0.1, 0.15) is 0 Å². The minimum Gasteiger partial charge on any atom is -0.454 e. The number of rotatable bonds is 2. The van der Waals surface area contributed by atoms with Gasteiger partial charge in [-0.05, 0) is 31.5 Å². The summed E-state index contributed by atoms with van der Waals surface area (Å²) in [7, 11) is 0. The predicted molar refractivity (Wildman–Crippen MR) is 71.5 cm³/mol. The molecule has 1 fully saturated rings. The van der Waals surface area contributed by atoms with Crippen molar-refractivity contribution in [2.24, 2.45) is 0 Å². The number of fused-ring (bicyclic) bond motifs is 1. The van der Waals surface area contributed by atoms with Crippen LogP contribution in [0.2, 0.25) is 0 Å². The smallest absolute Gasteiger partial charge is 0.231 e. The molecule has 2 aliphatic heterocycles. The highest BCUT2D eigenvalue weighted by Crippen LogP contribution is 2.35. The van der Waals surface area contributed by atoms with Crippen LogP contribution in [0.3, 0.4) is 0 Å². The minimum absolute atomic E-state index is 0.345. The first-order valence-electron chi connectivity index (χ1n) is 6.75. The average molecular weight is 248 g/mol. The molecule has 18 heavy (non-hydrogen) atoms. The van der Waals surface area contributed by atoms with Gasteiger partial charge in [0.15, 0.2) is 11.5 Å². The number of nitrogens with one attached hydrogen (secondary N) is 1. The maximum atomic E-state index is 5.45. The van der Waals surface area contributed by atoms with Crippen LogP contribution < -0.4 is 19.7 Å². The van der Waals surface area contributed by atoms with Crippen LogP contribution in [0.4, 0.5) is 5.69 Å². The van der Waals surface area contributed by atoms with E-state index < -0.39 is 0 Å². The van der Waals surface area contributed by atoms with Crippen molar-refractivity contribution in [1.82, 2.24) is 5.32 Å². The summed E-state index contributed by atoms with van der Waals surface area (Å²) in [5, 5.41) is 3.59. The Hall–Kier alpha value is -1.42. The molecule has 1 unspecified atom stereocenters. The molecule has 0 bridgehead atoms. The maximum Gasteiger partial charge on any atom is 0.231 e. The summed E-state index contributed by atoms with van der Waals surface area (Å²) < 4.78 is 10.8. The molecule has 3 rings (SSSR count). The van der Waals surface area contributed by atoms with E-state index in [4.69, 9.17) is 9.47 Å². The first-order chi connectivity index (χ1) is 8.86. The van der Waals surface area contributed by atoms with Crippen molar-refractivity contribution in [3.8, 4) is 11.5 Å². The van der Waals surface area contributed by atoms with Crippen molar-refractivity contribution >= 4 is 5.69 Å². The molecule has 98 valence electrons. The first kappa shape index (κ1) is 11.7. The number of anilines is 1. The summed E-state index contributed by atoms with van der Waals surface area (Å²) in [4.78, 5) is 2.44. The standard InChI is InChI=1S/C14H20N2O2/c1-2-11-9-16(7-3-6-15-11)12-4-5-13-14(8-12)18-10-17-13/h4-5,8,11,15H,2-3,6-7,9-10H2,1H3. The molecule has 1 atom stereocenters. The highest BCUT2D eigenvalue weighted by molar-refractivity contribution is 5.57. The number of ether oxygens (including phenoxy) is 2. The second-order valence-corrected chi connectivity index (χ2v) is 4.90. The van der Waals surface area contributed by atoms with E-state index in [9.17, 15) is 0 Å². The molecular formula is C14H20N2O2. The largest absolute Gasteiger partial charge is 0.454 e. The fraction of sp³-hybridized carbons (Fsp3) is 0.571. The lowest BCUT2D eigenvalue weighted by Gasteiger charge is -2.26. The topological polar surface area (TPSA) is 33.7 Å². The van der Waals surface area contributed by atoms with Gasteiger partial charge in [0.05, 0.1) is 0 Å². The van der Waals surface area contributed by atoms with Crippen molar-refractivity contribution in [1.29, 1.82) is 0 Å². The van der Waals surface area contributed by atoms with Crippen molar-refractivity contribution < 1.29 is 9.47 Å². The van der Waals surface area contributed by atoms with Crippen LogP contribution in [0.1, 0.15) is 19.8 Å². The molecule has 4 nitrogen and oxygen atoms in total. The monoisotopic (exact) mass is 248 g/mol. The maximum absolute atomic E-state index is 5.45. The van der Waals surface area contributed by atoms with Gasteiger partial charge in [-0.15, -0.1) is 0 Å². The lowest BCUT2D eigenvalue weighted by molar-refractivity contribution is 0.174. The molecule has 2 aliphatic rings. The van der Waals surface area contributed by atoms with E-state index in [1.165, 1.54) is 18.5 Å². The Bertz CT molecular complexity index is 422. The molecule has 2 heterocycles. The van der Waals surface area contributed by atoms with E-state index in [1.54, 1.807) is 0 Å². The molecule has 0 spiro atoms. The molecular weight excluding hydrogens is 228 g/mol. The van der Waals surface area contributed by atoms with E-state index in [0.717, 1.165) is 31.1 Å². The van der Waals surface area contributed by atoms with Crippen molar-refractivity contribution in [3.63, 3.8) is 0 Å². The van der Waals surface area contributed by atoms with Gasteiger partial charge >= 0.3 is 0 Å². The van der Waals surface area contributed by atoms with Crippen molar-refractivity contribution in [2.75, 3.05) is 31.3 Å². The van der Waals surface area contributed by atoms with Crippen LogP contribution in [0.25, 0.3) is 0 Å². The predicted octanol–water partition coefficient (Wildman–Crippen LogP) is 1.99. The number of benzene rings is 1. The van der Waals surface area contributed by atoms with Crippen LogP contribution >= 0.6 is 0 Å². The Kier molecular flexibility index (Phi) is 3.28. The summed E-state index contributed by atoms with van der Waals surface area (Å²) in [5.41, 5.74) is 1.24. The molecule has 0 radical (unpaired) electrons. The summed E-state index contributed by atoms with van der Waals surface area (Å²) >= 11 is 0. The number of nitrogens with zero attached hydrogens (tertiary/aromatic N) is 1. The zero-order chi connectivity index (χ0) is 12.4. The highest BCUT2D eigenvalue weighted by Gasteiger charge is 2.19. The van der Waals surface area contributed by atoms with Crippen molar-refractivity contribution in [3.05, 3.63) is 18.2 Å². The second kappa shape index (κ2) is 5.06. The molecule has 1 N–H and O–H groups in total. The van der Waals surface area contributed by atoms with Crippen molar-refractivity contribution in [2.45, 2.75) is 25.8 Å². The van der Waals surface area contributed by atoms with Crippen LogP contribution in [-0.2, 0) is 0 Å². The Balaban J connectivity index is 1.80. The van der Waals surface area contributed by atoms with Gasteiger partial charge in [-0.2, -0.15) is 0 Å². The van der Waals surface area contributed by atoms with Crippen LogP contribution in [0, 0.1) is 0 Å². The first-order valence-corrected chi connectivity index (χ1v) is 6.75. The summed E-state index contributed by atoms with van der Waals surface area (Å²) in [5.74, 6) is 1.73. The zero-order valence-corrected chi connectivity index (χ0v) is 10.8. The SMILES string of the molecule is CCC1CN(c2ccc3c(c2)OCO3)CCCN1. The normalized spacial score (nSPS) is 22.9. The Labute approximate surface area is 108 Å². The van der Waals surface area contributed by atoms with Gasteiger partial charge in [-0.1, -0.05) is 6.92 Å². The molecule has 1 saturated heterocycles. The van der Waals surface area contributed by atoms with Gasteiger partial charge in [0.2, 0.25) is 6.79 Å². The number of hydrogen-bond acceptors (Lipinski definition) is 4. The van der Waals surface area contributed by atoms with Crippen LogP contribution in [0.5, 0.6) is 11.5 Å². The third kappa shape index (κ3) is 2.25. The highest BCUT2D eigenvalue weighted by atomic mass is 16.7. The molecule has 0 amide bonds. The van der Waals surface area contributed by atoms with Gasteiger partial charge in [0.25, 0.3) is 0 Å². The quantitative estimate of drug-likeness (QED) is 0.868. The lowest BCUT2D eigenvalue weighted by atomic mass is 10.2. The Morgan fingerprint density at radius 2 is 2.22 bits per heavy atom. The minimum atomic E-state index is 0.345. The fourth-order valence-corrected chi connectivity index (χ4v) is 2.59. The molecule has 0 aromatic heterocycles. The van der Waals surface area contributed by atoms with Gasteiger partial charge in [-0.3, -0.25) is 0 Å². The Morgan fingerprint density at radius 3 is 3.11 bits per heavy atom. The van der Waals surface area contributed by atoms with Gasteiger partial charge < -0.3 is 19.7 Å². The molecule has 4 heteroatoms.